The molecule has 2 N–H and O–H groups in total. The summed E-state index contributed by atoms with van der Waals surface area (Å²) in [5, 5.41) is 6.88. The molecule has 1 saturated heterocycles. The quantitative estimate of drug-likeness (QED) is 0.210. The molecule has 8 nitrogen and oxygen atoms in total. The van der Waals surface area contributed by atoms with Crippen molar-refractivity contribution in [1.82, 2.24) is 15.5 Å². The number of anilines is 1. The molecule has 1 unspecified atom stereocenters. The van der Waals surface area contributed by atoms with Crippen LogP contribution in [0, 0.1) is 5.92 Å². The van der Waals surface area contributed by atoms with Gasteiger partial charge in [0.25, 0.3) is 5.91 Å². The van der Waals surface area contributed by atoms with Crippen LogP contribution in [-0.2, 0) is 9.53 Å². The number of carbonyl (C=O) groups is 1. The molecule has 0 aromatic heterocycles. The number of hydrogen-bond donors (Lipinski definition) is 2. The van der Waals surface area contributed by atoms with Crippen molar-refractivity contribution in [3.8, 4) is 5.75 Å². The van der Waals surface area contributed by atoms with Gasteiger partial charge >= 0.3 is 0 Å². The van der Waals surface area contributed by atoms with Gasteiger partial charge in [-0.25, -0.2) is 0 Å². The second-order valence-corrected chi connectivity index (χ2v) is 8.47. The number of amides is 1. The summed E-state index contributed by atoms with van der Waals surface area (Å²) in [6, 6.07) is 8.15. The monoisotopic (exact) mass is 559 g/mol. The number of rotatable bonds is 9. The number of nitrogens with one attached hydrogen (secondary N) is 2. The van der Waals surface area contributed by atoms with Crippen LogP contribution in [0.25, 0.3) is 0 Å². The number of guanidine groups is 1. The molecule has 1 fully saturated rings. The summed E-state index contributed by atoms with van der Waals surface area (Å²) in [5.41, 5.74) is 0.850. The average molecular weight is 559 g/mol. The molecule has 9 heteroatoms. The van der Waals surface area contributed by atoms with Crippen molar-refractivity contribution in [3.63, 3.8) is 0 Å². The summed E-state index contributed by atoms with van der Waals surface area (Å²) in [6.07, 6.45) is 1.96. The number of morpholine rings is 1. The van der Waals surface area contributed by atoms with Crippen LogP contribution >= 0.6 is 24.0 Å². The highest BCUT2D eigenvalue weighted by Crippen LogP contribution is 2.31. The average Bonchev–Trinajstić information content (AvgIpc) is 2.79. The van der Waals surface area contributed by atoms with E-state index in [1.807, 2.05) is 29.2 Å². The van der Waals surface area contributed by atoms with Crippen molar-refractivity contribution in [2.75, 3.05) is 64.5 Å². The van der Waals surface area contributed by atoms with Crippen LogP contribution in [0.1, 0.15) is 26.7 Å². The lowest BCUT2D eigenvalue weighted by Crippen LogP contribution is -2.51. The van der Waals surface area contributed by atoms with Gasteiger partial charge in [-0.05, 0) is 30.9 Å². The molecule has 1 amide bonds. The van der Waals surface area contributed by atoms with Gasteiger partial charge in [0, 0.05) is 45.8 Å². The molecule has 2 aliphatic heterocycles. The lowest BCUT2D eigenvalue weighted by molar-refractivity contribution is -0.121. The molecule has 1 atom stereocenters. The first-order chi connectivity index (χ1) is 15.1. The van der Waals surface area contributed by atoms with E-state index < -0.39 is 0 Å². The van der Waals surface area contributed by atoms with Gasteiger partial charge < -0.3 is 25.0 Å². The van der Waals surface area contributed by atoms with E-state index in [0.717, 1.165) is 69.6 Å². The second kappa shape index (κ2) is 13.8. The molecule has 2 heterocycles. The Hall–Kier alpha value is -1.59. The zero-order valence-corrected chi connectivity index (χ0v) is 21.8. The van der Waals surface area contributed by atoms with Gasteiger partial charge in [0.05, 0.1) is 18.9 Å². The van der Waals surface area contributed by atoms with E-state index in [1.54, 1.807) is 7.05 Å². The summed E-state index contributed by atoms with van der Waals surface area (Å²) in [4.78, 5) is 21.0. The number of hydrogen-bond acceptors (Lipinski definition) is 5. The first kappa shape index (κ1) is 26.7. The Balaban J connectivity index is 0.00000363. The third-order valence-electron chi connectivity index (χ3n) is 5.69. The fourth-order valence-corrected chi connectivity index (χ4v) is 4.13. The van der Waals surface area contributed by atoms with Crippen molar-refractivity contribution in [3.05, 3.63) is 24.3 Å². The topological polar surface area (TPSA) is 78.4 Å². The van der Waals surface area contributed by atoms with Crippen molar-refractivity contribution in [2.24, 2.45) is 10.9 Å². The highest BCUT2D eigenvalue weighted by atomic mass is 127. The Labute approximate surface area is 209 Å². The molecule has 1 aromatic rings. The molecular formula is C23H38IN5O3. The van der Waals surface area contributed by atoms with Crippen LogP contribution < -0.4 is 20.3 Å². The van der Waals surface area contributed by atoms with Crippen LogP contribution in [0.2, 0.25) is 0 Å². The van der Waals surface area contributed by atoms with Gasteiger partial charge in [0.2, 0.25) is 0 Å². The molecule has 0 saturated carbocycles. The van der Waals surface area contributed by atoms with E-state index in [2.05, 4.69) is 34.4 Å². The number of benzene rings is 1. The van der Waals surface area contributed by atoms with E-state index in [4.69, 9.17) is 9.47 Å². The Kier molecular flexibility index (Phi) is 11.5. The molecule has 0 bridgehead atoms. The van der Waals surface area contributed by atoms with E-state index in [1.165, 1.54) is 0 Å². The summed E-state index contributed by atoms with van der Waals surface area (Å²) in [7, 11) is 1.79. The maximum Gasteiger partial charge on any atom is 0.265 e. The van der Waals surface area contributed by atoms with Crippen molar-refractivity contribution < 1.29 is 14.3 Å². The first-order valence-corrected chi connectivity index (χ1v) is 11.4. The van der Waals surface area contributed by atoms with E-state index in [0.29, 0.717) is 18.5 Å². The predicted octanol–water partition coefficient (Wildman–Crippen LogP) is 2.33. The normalized spacial score (nSPS) is 17.9. The zero-order valence-electron chi connectivity index (χ0n) is 19.5. The molecular weight excluding hydrogens is 521 g/mol. The minimum absolute atomic E-state index is 0. The van der Waals surface area contributed by atoms with Crippen molar-refractivity contribution in [2.45, 2.75) is 32.7 Å². The lowest BCUT2D eigenvalue weighted by Gasteiger charge is -2.35. The molecule has 1 aromatic carbocycles. The number of aliphatic imine (C=N–C) groups is 1. The van der Waals surface area contributed by atoms with E-state index in [-0.39, 0.29) is 36.5 Å². The standard InChI is InChI=1S/C23H37N5O3.HI/c1-18(2)15-19(27-11-13-30-14-12-27)16-26-23(24-3)25-9-6-10-28-20-7-4-5-8-21(20)31-17-22(28)29;/h4-5,7-8,18-19H,6,9-17H2,1-3H3,(H2,24,25,26);1H. The number of fused-ring (bicyclic) bond motifs is 1. The minimum Gasteiger partial charge on any atom is -0.482 e. The zero-order chi connectivity index (χ0) is 22.1. The second-order valence-electron chi connectivity index (χ2n) is 8.47. The Morgan fingerprint density at radius 2 is 1.94 bits per heavy atom. The number of halogens is 1. The molecule has 180 valence electrons. The SMILES string of the molecule is CN=C(NCCCN1C(=O)COc2ccccc21)NCC(CC(C)C)N1CCOCC1.I. The third kappa shape index (κ3) is 7.77. The highest BCUT2D eigenvalue weighted by Gasteiger charge is 2.25. The minimum atomic E-state index is 0. The Morgan fingerprint density at radius 1 is 1.19 bits per heavy atom. The molecule has 0 radical (unpaired) electrons. The maximum absolute atomic E-state index is 12.3. The smallest absolute Gasteiger partial charge is 0.265 e. The highest BCUT2D eigenvalue weighted by molar-refractivity contribution is 14.0. The summed E-state index contributed by atoms with van der Waals surface area (Å²) in [5.74, 6) is 2.21. The van der Waals surface area contributed by atoms with Gasteiger partial charge in [-0.2, -0.15) is 0 Å². The number of nitrogens with zero attached hydrogens (tertiary/aromatic N) is 3. The molecule has 3 rings (SSSR count). The number of para-hydroxylation sites is 2. The summed E-state index contributed by atoms with van der Waals surface area (Å²) in [6.45, 7) is 10.5. The number of ether oxygens (including phenoxy) is 2. The van der Waals surface area contributed by atoms with Gasteiger partial charge in [0.1, 0.15) is 5.75 Å². The molecule has 0 aliphatic carbocycles. The lowest BCUT2D eigenvalue weighted by atomic mass is 10.0. The van der Waals surface area contributed by atoms with Crippen LogP contribution in [0.4, 0.5) is 5.69 Å². The first-order valence-electron chi connectivity index (χ1n) is 11.4. The van der Waals surface area contributed by atoms with Gasteiger partial charge in [-0.3, -0.25) is 14.7 Å². The fraction of sp³-hybridized carbons (Fsp3) is 0.652. The molecule has 0 spiro atoms. The van der Waals surface area contributed by atoms with Crippen LogP contribution in [0.15, 0.2) is 29.3 Å². The Bertz CT molecular complexity index is 740. The van der Waals surface area contributed by atoms with Gasteiger partial charge in [-0.1, -0.05) is 26.0 Å². The van der Waals surface area contributed by atoms with E-state index in [9.17, 15) is 4.79 Å². The Morgan fingerprint density at radius 3 is 2.66 bits per heavy atom. The molecule has 32 heavy (non-hydrogen) atoms. The third-order valence-corrected chi connectivity index (χ3v) is 5.69. The van der Waals surface area contributed by atoms with Crippen LogP contribution in [0.5, 0.6) is 5.75 Å². The van der Waals surface area contributed by atoms with Crippen molar-refractivity contribution in [1.29, 1.82) is 0 Å². The van der Waals surface area contributed by atoms with Crippen LogP contribution in [-0.4, -0.2) is 82.4 Å². The number of carbonyl (C=O) groups excluding carboxylic acids is 1. The summed E-state index contributed by atoms with van der Waals surface area (Å²) >= 11 is 0. The van der Waals surface area contributed by atoms with Crippen molar-refractivity contribution >= 4 is 41.5 Å². The largest absolute Gasteiger partial charge is 0.482 e. The van der Waals surface area contributed by atoms with Gasteiger partial charge in [0.15, 0.2) is 12.6 Å². The van der Waals surface area contributed by atoms with E-state index >= 15 is 0 Å². The fourth-order valence-electron chi connectivity index (χ4n) is 4.13. The maximum atomic E-state index is 12.3. The summed E-state index contributed by atoms with van der Waals surface area (Å²) < 4.78 is 11.0. The van der Waals surface area contributed by atoms with Crippen LogP contribution in [0.3, 0.4) is 0 Å². The predicted molar refractivity (Wildman–Crippen MR) is 139 cm³/mol. The molecule has 2 aliphatic rings. The van der Waals surface area contributed by atoms with Gasteiger partial charge in [-0.15, -0.1) is 24.0 Å².